The van der Waals surface area contributed by atoms with E-state index in [0.717, 1.165) is 17.7 Å². The molecule has 1 amide bonds. The molecular formula is C19H23N2O+. The number of aryl methyl sites for hydroxylation is 3. The number of fused-ring (bicyclic) bond motifs is 1. The van der Waals surface area contributed by atoms with Gasteiger partial charge < -0.3 is 5.32 Å². The zero-order valence-corrected chi connectivity index (χ0v) is 13.4. The number of hydrogen-bond acceptors (Lipinski definition) is 1. The fraction of sp³-hybridized carbons (Fsp3) is 0.368. The quantitative estimate of drug-likeness (QED) is 0.867. The molecule has 0 radical (unpaired) electrons. The molecule has 0 spiro atoms. The third-order valence-electron chi connectivity index (χ3n) is 4.55. The standard InChI is InChI=1S/C19H22N2O/c1-14-6-5-9-18(15(14)2)20-19(22)13-21-11-10-16-7-3-4-8-17(16)12-21/h5-6,9-12H,3-4,7-8,13H2,1-2H3/p+1. The number of rotatable bonds is 3. The molecule has 0 atom stereocenters. The van der Waals surface area contributed by atoms with Crippen LogP contribution in [-0.4, -0.2) is 5.91 Å². The van der Waals surface area contributed by atoms with Gasteiger partial charge in [0.2, 0.25) is 6.54 Å². The minimum atomic E-state index is 0.0226. The van der Waals surface area contributed by atoms with Gasteiger partial charge in [0, 0.05) is 17.3 Å². The molecule has 1 N–H and O–H groups in total. The van der Waals surface area contributed by atoms with Crippen molar-refractivity contribution in [3.05, 3.63) is 58.9 Å². The van der Waals surface area contributed by atoms with Crippen LogP contribution >= 0.6 is 0 Å². The molecule has 22 heavy (non-hydrogen) atoms. The van der Waals surface area contributed by atoms with Crippen LogP contribution in [0.5, 0.6) is 0 Å². The maximum absolute atomic E-state index is 12.3. The lowest BCUT2D eigenvalue weighted by atomic mass is 9.93. The van der Waals surface area contributed by atoms with Crippen molar-refractivity contribution in [2.24, 2.45) is 0 Å². The van der Waals surface area contributed by atoms with Gasteiger partial charge in [0.15, 0.2) is 12.4 Å². The SMILES string of the molecule is Cc1cccc(NC(=O)C[n+]2ccc3c(c2)CCCC3)c1C. The van der Waals surface area contributed by atoms with Crippen molar-refractivity contribution in [3.8, 4) is 0 Å². The topological polar surface area (TPSA) is 33.0 Å². The number of anilines is 1. The van der Waals surface area contributed by atoms with Crippen molar-refractivity contribution < 1.29 is 9.36 Å². The average Bonchev–Trinajstić information content (AvgIpc) is 2.52. The van der Waals surface area contributed by atoms with Crippen LogP contribution in [0.1, 0.15) is 35.1 Å². The van der Waals surface area contributed by atoms with Crippen molar-refractivity contribution in [1.29, 1.82) is 0 Å². The third kappa shape index (κ3) is 3.19. The second-order valence-electron chi connectivity index (χ2n) is 6.17. The van der Waals surface area contributed by atoms with Crippen LogP contribution in [0.3, 0.4) is 0 Å². The fourth-order valence-corrected chi connectivity index (χ4v) is 3.06. The van der Waals surface area contributed by atoms with E-state index in [2.05, 4.69) is 30.6 Å². The van der Waals surface area contributed by atoms with Gasteiger partial charge in [-0.3, -0.25) is 4.79 Å². The molecule has 1 heterocycles. The van der Waals surface area contributed by atoms with Gasteiger partial charge in [-0.2, -0.15) is 4.57 Å². The van der Waals surface area contributed by atoms with Gasteiger partial charge in [-0.15, -0.1) is 0 Å². The minimum absolute atomic E-state index is 0.0226. The maximum Gasteiger partial charge on any atom is 0.290 e. The van der Waals surface area contributed by atoms with Crippen molar-refractivity contribution in [2.45, 2.75) is 46.1 Å². The van der Waals surface area contributed by atoms with E-state index in [9.17, 15) is 4.79 Å². The van der Waals surface area contributed by atoms with Gasteiger partial charge in [0.1, 0.15) is 0 Å². The van der Waals surface area contributed by atoms with E-state index >= 15 is 0 Å². The van der Waals surface area contributed by atoms with Gasteiger partial charge in [-0.1, -0.05) is 12.1 Å². The Kier molecular flexibility index (Phi) is 4.23. The average molecular weight is 295 g/mol. The zero-order chi connectivity index (χ0) is 15.5. The molecule has 1 aromatic carbocycles. The molecule has 2 aromatic rings. The van der Waals surface area contributed by atoms with Crippen LogP contribution in [0.25, 0.3) is 0 Å². The van der Waals surface area contributed by atoms with E-state index in [0.29, 0.717) is 6.54 Å². The Morgan fingerprint density at radius 3 is 2.73 bits per heavy atom. The van der Waals surface area contributed by atoms with Gasteiger partial charge in [-0.25, -0.2) is 0 Å². The molecule has 1 aliphatic rings. The molecule has 3 heteroatoms. The van der Waals surface area contributed by atoms with Crippen LogP contribution in [0.15, 0.2) is 36.7 Å². The molecule has 0 bridgehead atoms. The Bertz CT molecular complexity index is 707. The number of hydrogen-bond donors (Lipinski definition) is 1. The summed E-state index contributed by atoms with van der Waals surface area (Å²) in [6, 6.07) is 8.16. The molecule has 3 rings (SSSR count). The smallest absolute Gasteiger partial charge is 0.290 e. The number of aromatic nitrogens is 1. The normalized spacial score (nSPS) is 13.5. The number of nitrogens with one attached hydrogen (secondary N) is 1. The number of benzene rings is 1. The zero-order valence-electron chi connectivity index (χ0n) is 13.4. The molecule has 114 valence electrons. The van der Waals surface area contributed by atoms with Crippen molar-refractivity contribution in [3.63, 3.8) is 0 Å². The summed E-state index contributed by atoms with van der Waals surface area (Å²) in [5, 5.41) is 3.02. The predicted octanol–water partition coefficient (Wildman–Crippen LogP) is 3.11. The summed E-state index contributed by atoms with van der Waals surface area (Å²) in [4.78, 5) is 12.3. The molecule has 0 unspecified atom stereocenters. The molecule has 1 aromatic heterocycles. The highest BCUT2D eigenvalue weighted by atomic mass is 16.1. The van der Waals surface area contributed by atoms with Crippen LogP contribution in [0, 0.1) is 13.8 Å². The van der Waals surface area contributed by atoms with E-state index in [-0.39, 0.29) is 5.91 Å². The number of amides is 1. The number of pyridine rings is 1. The second kappa shape index (κ2) is 6.30. The lowest BCUT2D eigenvalue weighted by molar-refractivity contribution is -0.684. The molecule has 0 saturated carbocycles. The fourth-order valence-electron chi connectivity index (χ4n) is 3.06. The molecule has 3 nitrogen and oxygen atoms in total. The summed E-state index contributed by atoms with van der Waals surface area (Å²) < 4.78 is 1.99. The van der Waals surface area contributed by atoms with Crippen molar-refractivity contribution in [2.75, 3.05) is 5.32 Å². The first-order valence-corrected chi connectivity index (χ1v) is 8.00. The Morgan fingerprint density at radius 2 is 1.91 bits per heavy atom. The summed E-state index contributed by atoms with van der Waals surface area (Å²) in [7, 11) is 0. The Morgan fingerprint density at radius 1 is 1.14 bits per heavy atom. The highest BCUT2D eigenvalue weighted by Crippen LogP contribution is 2.19. The van der Waals surface area contributed by atoms with Crippen molar-refractivity contribution in [1.82, 2.24) is 0 Å². The van der Waals surface area contributed by atoms with Crippen molar-refractivity contribution >= 4 is 11.6 Å². The highest BCUT2D eigenvalue weighted by molar-refractivity contribution is 5.90. The molecular weight excluding hydrogens is 272 g/mol. The summed E-state index contributed by atoms with van der Waals surface area (Å²) in [5.41, 5.74) is 6.07. The Balaban J connectivity index is 1.70. The number of carbonyl (C=O) groups is 1. The molecule has 0 aliphatic heterocycles. The summed E-state index contributed by atoms with van der Waals surface area (Å²) in [6.45, 7) is 4.46. The lowest BCUT2D eigenvalue weighted by Crippen LogP contribution is -2.40. The van der Waals surface area contributed by atoms with Gasteiger partial charge in [0.05, 0.1) is 0 Å². The van der Waals surface area contributed by atoms with E-state index in [4.69, 9.17) is 0 Å². The first-order chi connectivity index (χ1) is 10.6. The van der Waals surface area contributed by atoms with Gasteiger partial charge in [0.25, 0.3) is 5.91 Å². The van der Waals surface area contributed by atoms with Gasteiger partial charge >= 0.3 is 0 Å². The maximum atomic E-state index is 12.3. The number of nitrogens with zero attached hydrogens (tertiary/aromatic N) is 1. The van der Waals surface area contributed by atoms with E-state index in [1.807, 2.05) is 29.8 Å². The number of carbonyl (C=O) groups excluding carboxylic acids is 1. The van der Waals surface area contributed by atoms with E-state index in [1.165, 1.54) is 36.0 Å². The lowest BCUT2D eigenvalue weighted by Gasteiger charge is -2.13. The summed E-state index contributed by atoms with van der Waals surface area (Å²) in [5.74, 6) is 0.0226. The summed E-state index contributed by atoms with van der Waals surface area (Å²) in [6.07, 6.45) is 9.00. The highest BCUT2D eigenvalue weighted by Gasteiger charge is 2.16. The first kappa shape index (κ1) is 14.8. The predicted molar refractivity (Wildman–Crippen MR) is 87.8 cm³/mol. The Hall–Kier alpha value is -2.16. The minimum Gasteiger partial charge on any atom is -0.320 e. The monoisotopic (exact) mass is 295 g/mol. The Labute approximate surface area is 132 Å². The van der Waals surface area contributed by atoms with Crippen LogP contribution < -0.4 is 9.88 Å². The summed E-state index contributed by atoms with van der Waals surface area (Å²) >= 11 is 0. The van der Waals surface area contributed by atoms with Crippen LogP contribution in [-0.2, 0) is 24.2 Å². The van der Waals surface area contributed by atoms with Crippen LogP contribution in [0.2, 0.25) is 0 Å². The van der Waals surface area contributed by atoms with E-state index < -0.39 is 0 Å². The largest absolute Gasteiger partial charge is 0.320 e. The third-order valence-corrected chi connectivity index (χ3v) is 4.55. The first-order valence-electron chi connectivity index (χ1n) is 8.00. The molecule has 1 aliphatic carbocycles. The van der Waals surface area contributed by atoms with Gasteiger partial charge in [-0.05, 0) is 62.3 Å². The second-order valence-corrected chi connectivity index (χ2v) is 6.17. The molecule has 0 saturated heterocycles. The molecule has 0 fully saturated rings. The van der Waals surface area contributed by atoms with E-state index in [1.54, 1.807) is 0 Å². The van der Waals surface area contributed by atoms with Crippen LogP contribution in [0.4, 0.5) is 5.69 Å².